The maximum absolute atomic E-state index is 12.3. The van der Waals surface area contributed by atoms with Crippen LogP contribution in [0.25, 0.3) is 11.5 Å². The van der Waals surface area contributed by atoms with Gasteiger partial charge >= 0.3 is 6.01 Å². The number of amides is 1. The lowest BCUT2D eigenvalue weighted by Crippen LogP contribution is -2.14. The van der Waals surface area contributed by atoms with E-state index in [1.165, 1.54) is 12.1 Å². The third-order valence-electron chi connectivity index (χ3n) is 3.38. The molecule has 0 saturated heterocycles. The van der Waals surface area contributed by atoms with Gasteiger partial charge in [-0.05, 0) is 36.4 Å². The molecule has 0 saturated carbocycles. The fraction of sp³-hybridized carbons (Fsp3) is 0.0625. The van der Waals surface area contributed by atoms with Crippen molar-refractivity contribution in [2.24, 2.45) is 0 Å². The average molecular weight is 375 g/mol. The molecule has 0 spiro atoms. The molecule has 2 aromatic carbocycles. The molecule has 1 aromatic heterocycles. The zero-order valence-electron chi connectivity index (χ0n) is 13.3. The summed E-state index contributed by atoms with van der Waals surface area (Å²) in [5.41, 5.74) is 0.0148. The van der Waals surface area contributed by atoms with E-state index >= 15 is 0 Å². The Morgan fingerprint density at radius 2 is 1.96 bits per heavy atom. The Balaban J connectivity index is 1.82. The van der Waals surface area contributed by atoms with Gasteiger partial charge < -0.3 is 9.15 Å². The fourth-order valence-electron chi connectivity index (χ4n) is 2.14. The van der Waals surface area contributed by atoms with Gasteiger partial charge in [0.2, 0.25) is 5.89 Å². The number of nitro benzene ring substituents is 1. The Labute approximate surface area is 151 Å². The van der Waals surface area contributed by atoms with Crippen molar-refractivity contribution in [3.63, 3.8) is 0 Å². The van der Waals surface area contributed by atoms with E-state index in [9.17, 15) is 14.9 Å². The molecule has 3 rings (SSSR count). The number of hydrogen-bond acceptors (Lipinski definition) is 7. The van der Waals surface area contributed by atoms with Crippen LogP contribution in [0, 0.1) is 10.1 Å². The summed E-state index contributed by atoms with van der Waals surface area (Å²) in [7, 11) is 1.55. The Kier molecular flexibility index (Phi) is 4.81. The number of nitrogens with zero attached hydrogens (tertiary/aromatic N) is 3. The molecule has 1 heterocycles. The third kappa shape index (κ3) is 3.62. The van der Waals surface area contributed by atoms with Crippen LogP contribution in [0.1, 0.15) is 10.4 Å². The van der Waals surface area contributed by atoms with Crippen LogP contribution in [0.5, 0.6) is 5.75 Å². The number of methoxy groups -OCH3 is 1. The molecule has 1 N–H and O–H groups in total. The SMILES string of the molecule is COc1ccc(-c2nnc(NC(=O)c3cc(Cl)ccc3[N+](=O)[O-])o2)cc1. The van der Waals surface area contributed by atoms with Crippen molar-refractivity contribution < 1.29 is 18.9 Å². The summed E-state index contributed by atoms with van der Waals surface area (Å²) in [4.78, 5) is 22.7. The molecule has 0 aliphatic heterocycles. The number of rotatable bonds is 5. The summed E-state index contributed by atoms with van der Waals surface area (Å²) in [5.74, 6) is 0.0442. The monoisotopic (exact) mass is 374 g/mol. The smallest absolute Gasteiger partial charge is 0.322 e. The summed E-state index contributed by atoms with van der Waals surface area (Å²) >= 11 is 5.81. The number of carbonyl (C=O) groups is 1. The standard InChI is InChI=1S/C16H11ClN4O5/c1-25-11-5-2-9(3-6-11)15-19-20-16(26-15)18-14(22)12-8-10(17)4-7-13(12)21(23)24/h2-8H,1H3,(H,18,20,22). The second-order valence-electron chi connectivity index (χ2n) is 5.01. The van der Waals surface area contributed by atoms with Crippen LogP contribution >= 0.6 is 11.6 Å². The van der Waals surface area contributed by atoms with Crippen LogP contribution in [0.15, 0.2) is 46.9 Å². The largest absolute Gasteiger partial charge is 0.497 e. The van der Waals surface area contributed by atoms with E-state index in [-0.39, 0.29) is 28.2 Å². The first kappa shape index (κ1) is 17.4. The molecule has 0 bridgehead atoms. The maximum Gasteiger partial charge on any atom is 0.322 e. The molecule has 1 amide bonds. The maximum atomic E-state index is 12.3. The van der Waals surface area contributed by atoms with E-state index < -0.39 is 10.8 Å². The van der Waals surface area contributed by atoms with E-state index in [4.69, 9.17) is 20.8 Å². The number of hydrogen-bond donors (Lipinski definition) is 1. The van der Waals surface area contributed by atoms with Crippen molar-refractivity contribution in [2.45, 2.75) is 0 Å². The number of nitrogens with one attached hydrogen (secondary N) is 1. The predicted molar refractivity (Wildman–Crippen MR) is 92.3 cm³/mol. The third-order valence-corrected chi connectivity index (χ3v) is 3.62. The molecule has 0 aliphatic rings. The van der Waals surface area contributed by atoms with Crippen LogP contribution in [-0.2, 0) is 0 Å². The van der Waals surface area contributed by atoms with Gasteiger partial charge in [0, 0.05) is 16.7 Å². The van der Waals surface area contributed by atoms with Crippen LogP contribution in [0.2, 0.25) is 5.02 Å². The topological polar surface area (TPSA) is 120 Å². The molecule has 0 fully saturated rings. The van der Waals surface area contributed by atoms with Crippen molar-refractivity contribution in [3.8, 4) is 17.2 Å². The molecule has 0 radical (unpaired) electrons. The summed E-state index contributed by atoms with van der Waals surface area (Å²) in [6, 6.07) is 10.3. The minimum absolute atomic E-state index is 0.170. The molecule has 0 aliphatic carbocycles. The summed E-state index contributed by atoms with van der Waals surface area (Å²) in [6.07, 6.45) is 0. The molecule has 0 atom stereocenters. The zero-order chi connectivity index (χ0) is 18.7. The highest BCUT2D eigenvalue weighted by Crippen LogP contribution is 2.25. The second kappa shape index (κ2) is 7.19. The van der Waals surface area contributed by atoms with Crippen molar-refractivity contribution >= 4 is 29.2 Å². The van der Waals surface area contributed by atoms with Gasteiger partial charge in [-0.3, -0.25) is 20.2 Å². The number of carbonyl (C=O) groups excluding carboxylic acids is 1. The molecule has 3 aromatic rings. The van der Waals surface area contributed by atoms with E-state index in [2.05, 4.69) is 15.5 Å². The highest BCUT2D eigenvalue weighted by Gasteiger charge is 2.22. The predicted octanol–water partition coefficient (Wildman–Crippen LogP) is 3.56. The minimum atomic E-state index is -0.788. The van der Waals surface area contributed by atoms with Gasteiger partial charge in [0.05, 0.1) is 12.0 Å². The van der Waals surface area contributed by atoms with Crippen molar-refractivity contribution in [2.75, 3.05) is 12.4 Å². The Morgan fingerprint density at radius 3 is 2.62 bits per heavy atom. The fourth-order valence-corrected chi connectivity index (χ4v) is 2.31. The first-order chi connectivity index (χ1) is 12.5. The quantitative estimate of drug-likeness (QED) is 0.535. The van der Waals surface area contributed by atoms with E-state index in [0.717, 1.165) is 6.07 Å². The number of ether oxygens (including phenoxy) is 1. The molecular weight excluding hydrogens is 364 g/mol. The normalized spacial score (nSPS) is 10.4. The van der Waals surface area contributed by atoms with Crippen molar-refractivity contribution in [1.82, 2.24) is 10.2 Å². The van der Waals surface area contributed by atoms with Crippen LogP contribution in [-0.4, -0.2) is 28.1 Å². The van der Waals surface area contributed by atoms with Gasteiger partial charge in [-0.1, -0.05) is 16.7 Å². The average Bonchev–Trinajstić information content (AvgIpc) is 3.10. The van der Waals surface area contributed by atoms with Crippen LogP contribution in [0.3, 0.4) is 0 Å². The first-order valence-electron chi connectivity index (χ1n) is 7.21. The summed E-state index contributed by atoms with van der Waals surface area (Å²) in [6.45, 7) is 0. The Morgan fingerprint density at radius 1 is 1.23 bits per heavy atom. The minimum Gasteiger partial charge on any atom is -0.497 e. The second-order valence-corrected chi connectivity index (χ2v) is 5.45. The molecule has 10 heteroatoms. The van der Waals surface area contributed by atoms with Crippen molar-refractivity contribution in [1.29, 1.82) is 0 Å². The van der Waals surface area contributed by atoms with Crippen LogP contribution in [0.4, 0.5) is 11.7 Å². The van der Waals surface area contributed by atoms with Crippen molar-refractivity contribution in [3.05, 3.63) is 63.2 Å². The number of halogens is 1. The summed E-state index contributed by atoms with van der Waals surface area (Å²) in [5, 5.41) is 21.1. The van der Waals surface area contributed by atoms with Gasteiger partial charge in [0.1, 0.15) is 11.3 Å². The number of benzene rings is 2. The number of nitro groups is 1. The molecule has 9 nitrogen and oxygen atoms in total. The Bertz CT molecular complexity index is 971. The summed E-state index contributed by atoms with van der Waals surface area (Å²) < 4.78 is 10.4. The van der Waals surface area contributed by atoms with E-state index in [0.29, 0.717) is 11.3 Å². The Hall–Kier alpha value is -3.46. The molecule has 26 heavy (non-hydrogen) atoms. The van der Waals surface area contributed by atoms with Gasteiger partial charge in [-0.15, -0.1) is 5.10 Å². The first-order valence-corrected chi connectivity index (χ1v) is 7.59. The zero-order valence-corrected chi connectivity index (χ0v) is 14.1. The van der Waals surface area contributed by atoms with E-state index in [1.807, 2.05) is 0 Å². The highest BCUT2D eigenvalue weighted by molar-refractivity contribution is 6.31. The van der Waals surface area contributed by atoms with Gasteiger partial charge in [-0.25, -0.2) is 0 Å². The highest BCUT2D eigenvalue weighted by atomic mass is 35.5. The lowest BCUT2D eigenvalue weighted by molar-refractivity contribution is -0.385. The van der Waals surface area contributed by atoms with Gasteiger partial charge in [0.25, 0.3) is 11.6 Å². The van der Waals surface area contributed by atoms with Gasteiger partial charge in [0.15, 0.2) is 0 Å². The number of anilines is 1. The van der Waals surface area contributed by atoms with Crippen LogP contribution < -0.4 is 10.1 Å². The number of aromatic nitrogens is 2. The lowest BCUT2D eigenvalue weighted by atomic mass is 10.1. The molecule has 132 valence electrons. The lowest BCUT2D eigenvalue weighted by Gasteiger charge is -2.03. The molecular formula is C16H11ClN4O5. The van der Waals surface area contributed by atoms with E-state index in [1.54, 1.807) is 31.4 Å². The molecule has 0 unspecified atom stereocenters. The van der Waals surface area contributed by atoms with Gasteiger partial charge in [-0.2, -0.15) is 0 Å².